The molecular weight excluding hydrogens is 408 g/mol. The minimum absolute atomic E-state index is 0.220. The Hall–Kier alpha value is -1.67. The van der Waals surface area contributed by atoms with Crippen molar-refractivity contribution >= 4 is 39.9 Å². The molecule has 1 aromatic heterocycles. The van der Waals surface area contributed by atoms with Crippen LogP contribution in [0.15, 0.2) is 40.9 Å². The Morgan fingerprint density at radius 2 is 1.95 bits per heavy atom. The number of halogens is 3. The summed E-state index contributed by atoms with van der Waals surface area (Å²) >= 11 is 8.16. The van der Waals surface area contributed by atoms with Crippen LogP contribution in [0, 0.1) is 9.39 Å². The van der Waals surface area contributed by atoms with E-state index in [0.29, 0.717) is 22.7 Å². The van der Waals surface area contributed by atoms with Crippen LogP contribution in [-0.4, -0.2) is 10.1 Å². The highest BCUT2D eigenvalue weighted by Crippen LogP contribution is 2.31. The molecule has 1 heterocycles. The van der Waals surface area contributed by atoms with Crippen LogP contribution in [0.2, 0.25) is 5.02 Å². The van der Waals surface area contributed by atoms with Gasteiger partial charge in [0.2, 0.25) is 5.82 Å². The second kappa shape index (κ2) is 5.61. The first-order chi connectivity index (χ1) is 10.0. The van der Waals surface area contributed by atoms with Crippen LogP contribution in [0.3, 0.4) is 0 Å². The van der Waals surface area contributed by atoms with Crippen molar-refractivity contribution in [2.24, 2.45) is 0 Å². The van der Waals surface area contributed by atoms with E-state index < -0.39 is 5.82 Å². The highest BCUT2D eigenvalue weighted by Gasteiger charge is 2.15. The van der Waals surface area contributed by atoms with Crippen molar-refractivity contribution in [2.75, 3.05) is 5.73 Å². The number of hydrogen-bond donors (Lipinski definition) is 1. The van der Waals surface area contributed by atoms with Crippen LogP contribution in [0.5, 0.6) is 0 Å². The summed E-state index contributed by atoms with van der Waals surface area (Å²) in [5.41, 5.74) is 7.60. The Labute approximate surface area is 138 Å². The quantitative estimate of drug-likeness (QED) is 0.498. The van der Waals surface area contributed by atoms with Crippen LogP contribution in [0.25, 0.3) is 22.8 Å². The van der Waals surface area contributed by atoms with Gasteiger partial charge in [-0.15, -0.1) is 0 Å². The molecule has 21 heavy (non-hydrogen) atoms. The molecule has 0 fully saturated rings. The molecule has 0 amide bonds. The molecule has 3 aromatic rings. The lowest BCUT2D eigenvalue weighted by Gasteiger charge is -2.00. The first-order valence-electron chi connectivity index (χ1n) is 5.89. The topological polar surface area (TPSA) is 64.9 Å². The fraction of sp³-hybridized carbons (Fsp3) is 0. The van der Waals surface area contributed by atoms with Crippen LogP contribution in [0.1, 0.15) is 0 Å². The molecule has 0 bridgehead atoms. The zero-order valence-corrected chi connectivity index (χ0v) is 13.4. The molecule has 0 aliphatic heterocycles. The van der Waals surface area contributed by atoms with Gasteiger partial charge >= 0.3 is 0 Å². The number of rotatable bonds is 2. The monoisotopic (exact) mass is 415 g/mol. The number of nitrogens with zero attached hydrogens (tertiary/aromatic N) is 2. The summed E-state index contributed by atoms with van der Waals surface area (Å²) in [6.45, 7) is 0. The Morgan fingerprint density at radius 1 is 1.14 bits per heavy atom. The first-order valence-corrected chi connectivity index (χ1v) is 7.35. The van der Waals surface area contributed by atoms with Crippen LogP contribution in [-0.2, 0) is 0 Å². The predicted molar refractivity (Wildman–Crippen MR) is 87.3 cm³/mol. The summed E-state index contributed by atoms with van der Waals surface area (Å²) in [5, 5.41) is 4.09. The molecule has 0 saturated heterocycles. The van der Waals surface area contributed by atoms with E-state index in [0.717, 1.165) is 3.57 Å². The van der Waals surface area contributed by atoms with E-state index in [1.165, 1.54) is 18.2 Å². The van der Waals surface area contributed by atoms with E-state index in [2.05, 4.69) is 32.7 Å². The molecule has 0 radical (unpaired) electrons. The minimum Gasteiger partial charge on any atom is -0.398 e. The summed E-state index contributed by atoms with van der Waals surface area (Å²) < 4.78 is 19.3. The Balaban J connectivity index is 2.06. The van der Waals surface area contributed by atoms with Crippen molar-refractivity contribution in [3.63, 3.8) is 0 Å². The van der Waals surface area contributed by atoms with E-state index in [1.807, 2.05) is 12.1 Å². The average molecular weight is 416 g/mol. The van der Waals surface area contributed by atoms with Crippen LogP contribution in [0.4, 0.5) is 10.1 Å². The van der Waals surface area contributed by atoms with Crippen molar-refractivity contribution in [1.82, 2.24) is 10.1 Å². The van der Waals surface area contributed by atoms with Gasteiger partial charge in [0.15, 0.2) is 0 Å². The standard InChI is InChI=1S/C14H8ClFIN3O/c15-11-5-7(16)1-3-9(11)13-19-14(21-20-13)10-6-8(17)2-4-12(10)18/h1-6H,18H2. The zero-order chi connectivity index (χ0) is 15.0. The third-order valence-electron chi connectivity index (χ3n) is 2.84. The van der Waals surface area contributed by atoms with Crippen molar-refractivity contribution < 1.29 is 8.91 Å². The first kappa shape index (κ1) is 14.3. The third-order valence-corrected chi connectivity index (χ3v) is 3.83. The molecule has 3 rings (SSSR count). The summed E-state index contributed by atoms with van der Waals surface area (Å²) in [7, 11) is 0. The summed E-state index contributed by atoms with van der Waals surface area (Å²) in [6.07, 6.45) is 0. The Bertz CT molecular complexity index is 822. The van der Waals surface area contributed by atoms with E-state index in [-0.39, 0.29) is 10.8 Å². The van der Waals surface area contributed by atoms with Crippen LogP contribution >= 0.6 is 34.2 Å². The molecule has 7 heteroatoms. The van der Waals surface area contributed by atoms with Crippen molar-refractivity contribution in [3.05, 3.63) is 50.8 Å². The van der Waals surface area contributed by atoms with Gasteiger partial charge in [-0.3, -0.25) is 0 Å². The Kier molecular flexibility index (Phi) is 3.81. The van der Waals surface area contributed by atoms with E-state index in [4.69, 9.17) is 21.9 Å². The van der Waals surface area contributed by atoms with Gasteiger partial charge < -0.3 is 10.3 Å². The van der Waals surface area contributed by atoms with Gasteiger partial charge in [-0.1, -0.05) is 16.8 Å². The molecule has 2 N–H and O–H groups in total. The number of nitrogen functional groups attached to an aromatic ring is 1. The Morgan fingerprint density at radius 3 is 2.71 bits per heavy atom. The van der Waals surface area contributed by atoms with Crippen molar-refractivity contribution in [3.8, 4) is 22.8 Å². The maximum Gasteiger partial charge on any atom is 0.260 e. The number of anilines is 1. The molecule has 0 aliphatic rings. The lowest BCUT2D eigenvalue weighted by atomic mass is 10.2. The SMILES string of the molecule is Nc1ccc(I)cc1-c1nc(-c2ccc(F)cc2Cl)no1. The van der Waals surface area contributed by atoms with Gasteiger partial charge in [0.25, 0.3) is 5.89 Å². The number of benzene rings is 2. The van der Waals surface area contributed by atoms with Gasteiger partial charge in [0, 0.05) is 14.8 Å². The summed E-state index contributed by atoms with van der Waals surface area (Å²) in [5.74, 6) is 0.156. The van der Waals surface area contributed by atoms with E-state index >= 15 is 0 Å². The molecule has 106 valence electrons. The molecule has 0 atom stereocenters. The second-order valence-electron chi connectivity index (χ2n) is 4.28. The fourth-order valence-electron chi connectivity index (χ4n) is 1.83. The molecule has 0 spiro atoms. The maximum absolute atomic E-state index is 13.1. The number of hydrogen-bond acceptors (Lipinski definition) is 4. The minimum atomic E-state index is -0.422. The lowest BCUT2D eigenvalue weighted by Crippen LogP contribution is -1.91. The largest absolute Gasteiger partial charge is 0.398 e. The van der Waals surface area contributed by atoms with Crippen LogP contribution < -0.4 is 5.73 Å². The lowest BCUT2D eigenvalue weighted by molar-refractivity contribution is 0.432. The van der Waals surface area contributed by atoms with Gasteiger partial charge in [0.05, 0.1) is 10.6 Å². The van der Waals surface area contributed by atoms with Gasteiger partial charge in [0.1, 0.15) is 5.82 Å². The zero-order valence-electron chi connectivity index (χ0n) is 10.5. The predicted octanol–water partition coefficient (Wildman–Crippen LogP) is 4.38. The van der Waals surface area contributed by atoms with Gasteiger partial charge in [-0.2, -0.15) is 4.98 Å². The highest BCUT2D eigenvalue weighted by molar-refractivity contribution is 14.1. The summed E-state index contributed by atoms with van der Waals surface area (Å²) in [6, 6.07) is 9.49. The average Bonchev–Trinajstić information content (AvgIpc) is 2.91. The molecular formula is C14H8ClFIN3O. The number of aromatic nitrogens is 2. The molecule has 0 saturated carbocycles. The normalized spacial score (nSPS) is 10.8. The smallest absolute Gasteiger partial charge is 0.260 e. The number of nitrogens with two attached hydrogens (primary N) is 1. The van der Waals surface area contributed by atoms with Gasteiger partial charge in [-0.05, 0) is 59.0 Å². The molecule has 4 nitrogen and oxygen atoms in total. The van der Waals surface area contributed by atoms with Crippen molar-refractivity contribution in [2.45, 2.75) is 0 Å². The third kappa shape index (κ3) is 2.86. The second-order valence-corrected chi connectivity index (χ2v) is 5.93. The molecule has 2 aromatic carbocycles. The van der Waals surface area contributed by atoms with E-state index in [9.17, 15) is 4.39 Å². The maximum atomic E-state index is 13.1. The van der Waals surface area contributed by atoms with Gasteiger partial charge in [-0.25, -0.2) is 4.39 Å². The molecule has 0 unspecified atom stereocenters. The fourth-order valence-corrected chi connectivity index (χ4v) is 2.57. The van der Waals surface area contributed by atoms with E-state index in [1.54, 1.807) is 6.07 Å². The van der Waals surface area contributed by atoms with Crippen molar-refractivity contribution in [1.29, 1.82) is 0 Å². The molecule has 0 aliphatic carbocycles. The highest BCUT2D eigenvalue weighted by atomic mass is 127. The summed E-state index contributed by atoms with van der Waals surface area (Å²) in [4.78, 5) is 4.28.